The first-order chi connectivity index (χ1) is 18.7. The van der Waals surface area contributed by atoms with Crippen LogP contribution in [-0.4, -0.2) is 50.2 Å². The highest BCUT2D eigenvalue weighted by molar-refractivity contribution is 5.77. The van der Waals surface area contributed by atoms with Crippen LogP contribution in [0.5, 0.6) is 11.5 Å². The number of rotatable bonds is 20. The van der Waals surface area contributed by atoms with Gasteiger partial charge < -0.3 is 24.3 Å². The minimum atomic E-state index is -0.725. The summed E-state index contributed by atoms with van der Waals surface area (Å²) in [7, 11) is 1.30. The zero-order valence-corrected chi connectivity index (χ0v) is 24.3. The smallest absolute Gasteiger partial charge is 0.323 e. The molecule has 0 radical (unpaired) electrons. The summed E-state index contributed by atoms with van der Waals surface area (Å²) in [4.78, 5) is 49.3. The molecule has 220 valence electrons. The molecule has 0 bridgehead atoms. The van der Waals surface area contributed by atoms with Crippen molar-refractivity contribution in [2.45, 2.75) is 104 Å². The van der Waals surface area contributed by atoms with Crippen molar-refractivity contribution in [2.24, 2.45) is 5.92 Å². The molecule has 0 aliphatic rings. The lowest BCUT2D eigenvalue weighted by Gasteiger charge is -2.18. The average molecular weight is 550 g/mol. The zero-order chi connectivity index (χ0) is 29.0. The van der Waals surface area contributed by atoms with Crippen LogP contribution in [0.4, 0.5) is 0 Å². The van der Waals surface area contributed by atoms with Crippen LogP contribution in [0.15, 0.2) is 18.2 Å². The predicted octanol–water partition coefficient (Wildman–Crippen LogP) is 5.31. The van der Waals surface area contributed by atoms with E-state index in [-0.39, 0.29) is 55.8 Å². The van der Waals surface area contributed by atoms with Gasteiger partial charge in [-0.15, -0.1) is 0 Å². The van der Waals surface area contributed by atoms with Crippen molar-refractivity contribution in [3.63, 3.8) is 0 Å². The molecule has 1 aromatic rings. The third-order valence-corrected chi connectivity index (χ3v) is 6.21. The molecule has 0 saturated heterocycles. The van der Waals surface area contributed by atoms with Crippen LogP contribution < -0.4 is 14.8 Å². The number of benzene rings is 1. The van der Waals surface area contributed by atoms with E-state index in [0.717, 1.165) is 44.9 Å². The largest absolute Gasteiger partial charge is 0.468 e. The molecule has 1 rings (SSSR count). The summed E-state index contributed by atoms with van der Waals surface area (Å²) in [5.41, 5.74) is 0.675. The fourth-order valence-electron chi connectivity index (χ4n) is 3.92. The predicted molar refractivity (Wildman–Crippen MR) is 149 cm³/mol. The summed E-state index contributed by atoms with van der Waals surface area (Å²) >= 11 is 0. The molecule has 9 nitrogen and oxygen atoms in total. The minimum absolute atomic E-state index is 0.119. The Balaban J connectivity index is 2.94. The van der Waals surface area contributed by atoms with E-state index in [0.29, 0.717) is 12.0 Å². The van der Waals surface area contributed by atoms with E-state index >= 15 is 0 Å². The van der Waals surface area contributed by atoms with Gasteiger partial charge in [-0.3, -0.25) is 19.2 Å². The zero-order valence-electron chi connectivity index (χ0n) is 24.3. The van der Waals surface area contributed by atoms with Crippen molar-refractivity contribution in [1.82, 2.24) is 5.32 Å². The maximum Gasteiger partial charge on any atom is 0.323 e. The molecule has 0 saturated carbocycles. The van der Waals surface area contributed by atoms with E-state index in [1.807, 2.05) is 20.8 Å². The summed E-state index contributed by atoms with van der Waals surface area (Å²) in [5, 5.41) is 3.07. The quantitative estimate of drug-likeness (QED) is 0.131. The molecular formula is C30H47NO8. The summed E-state index contributed by atoms with van der Waals surface area (Å²) in [5.74, 6) is -1.42. The van der Waals surface area contributed by atoms with Crippen LogP contribution in [0.1, 0.15) is 97.5 Å². The Kier molecular flexibility index (Phi) is 17.5. The monoisotopic (exact) mass is 549 g/mol. The first-order valence-corrected chi connectivity index (χ1v) is 14.3. The summed E-state index contributed by atoms with van der Waals surface area (Å²) < 4.78 is 21.3. The van der Waals surface area contributed by atoms with Gasteiger partial charge in [0.05, 0.1) is 13.0 Å². The number of ether oxygens (including phenoxy) is 4. The molecule has 1 aromatic carbocycles. The maximum atomic E-state index is 12.5. The highest BCUT2D eigenvalue weighted by atomic mass is 16.6. The van der Waals surface area contributed by atoms with Crippen LogP contribution >= 0.6 is 0 Å². The van der Waals surface area contributed by atoms with Gasteiger partial charge >= 0.3 is 23.9 Å². The number of esters is 4. The van der Waals surface area contributed by atoms with Crippen molar-refractivity contribution in [1.29, 1.82) is 0 Å². The SMILES string of the molecule is CCCCCC(=O)Oc1ccc(C[C@H](NCCOC(=O)C(C)CCC)C(=O)OC)cc1OC(=O)CCCCC. The molecule has 0 aliphatic carbocycles. The van der Waals surface area contributed by atoms with E-state index in [2.05, 4.69) is 12.2 Å². The lowest BCUT2D eigenvalue weighted by molar-refractivity contribution is -0.148. The highest BCUT2D eigenvalue weighted by Crippen LogP contribution is 2.30. The van der Waals surface area contributed by atoms with Gasteiger partial charge in [0.25, 0.3) is 0 Å². The van der Waals surface area contributed by atoms with Crippen LogP contribution in [0.2, 0.25) is 0 Å². The molecule has 1 N–H and O–H groups in total. The van der Waals surface area contributed by atoms with Gasteiger partial charge in [-0.2, -0.15) is 0 Å². The first kappa shape index (κ1) is 34.1. The van der Waals surface area contributed by atoms with E-state index in [4.69, 9.17) is 18.9 Å². The van der Waals surface area contributed by atoms with Gasteiger partial charge in [0, 0.05) is 19.4 Å². The second-order valence-corrected chi connectivity index (χ2v) is 9.73. The Bertz CT molecular complexity index is 901. The van der Waals surface area contributed by atoms with E-state index in [1.54, 1.807) is 18.2 Å². The number of hydrogen-bond acceptors (Lipinski definition) is 9. The van der Waals surface area contributed by atoms with Gasteiger partial charge in [0.15, 0.2) is 11.5 Å². The maximum absolute atomic E-state index is 12.5. The lowest BCUT2D eigenvalue weighted by Crippen LogP contribution is -2.41. The van der Waals surface area contributed by atoms with Crippen LogP contribution in [0.25, 0.3) is 0 Å². The van der Waals surface area contributed by atoms with E-state index in [9.17, 15) is 19.2 Å². The molecule has 1 unspecified atom stereocenters. The van der Waals surface area contributed by atoms with Crippen LogP contribution in [-0.2, 0) is 35.1 Å². The number of carbonyl (C=O) groups excluding carboxylic acids is 4. The lowest BCUT2D eigenvalue weighted by atomic mass is 10.0. The summed E-state index contributed by atoms with van der Waals surface area (Å²) in [6.45, 7) is 8.32. The van der Waals surface area contributed by atoms with Crippen molar-refractivity contribution in [3.05, 3.63) is 23.8 Å². The number of carbonyl (C=O) groups is 4. The summed E-state index contributed by atoms with van der Waals surface area (Å²) in [6.07, 6.45) is 7.62. The van der Waals surface area contributed by atoms with Crippen molar-refractivity contribution >= 4 is 23.9 Å². The fraction of sp³-hybridized carbons (Fsp3) is 0.667. The topological polar surface area (TPSA) is 117 Å². The van der Waals surface area contributed by atoms with E-state index < -0.39 is 23.9 Å². The average Bonchev–Trinajstić information content (AvgIpc) is 2.91. The highest BCUT2D eigenvalue weighted by Gasteiger charge is 2.22. The number of unbranched alkanes of at least 4 members (excludes halogenated alkanes) is 4. The van der Waals surface area contributed by atoms with Gasteiger partial charge in [-0.25, -0.2) is 0 Å². The molecule has 0 amide bonds. The first-order valence-electron chi connectivity index (χ1n) is 14.3. The second kappa shape index (κ2) is 20.0. The van der Waals surface area contributed by atoms with Gasteiger partial charge in [0.2, 0.25) is 0 Å². The van der Waals surface area contributed by atoms with Gasteiger partial charge in [-0.1, -0.05) is 65.9 Å². The molecule has 0 aromatic heterocycles. The van der Waals surface area contributed by atoms with Crippen molar-refractivity contribution < 1.29 is 38.1 Å². The standard InChI is InChI=1S/C30H47NO8/c1-6-9-11-14-27(32)38-25-17-16-23(21-26(25)39-28(33)15-12-10-7-2)20-24(30(35)36-5)31-18-19-37-29(34)22(4)13-8-3/h16-17,21-22,24,31H,6-15,18-20H2,1-5H3/t22?,24-/m0/s1. The molecular weight excluding hydrogens is 502 g/mol. The number of hydrogen-bond donors (Lipinski definition) is 1. The Hall–Kier alpha value is -2.94. The van der Waals surface area contributed by atoms with Gasteiger partial charge in [0.1, 0.15) is 12.6 Å². The normalized spacial score (nSPS) is 12.3. The van der Waals surface area contributed by atoms with Crippen LogP contribution in [0, 0.1) is 5.92 Å². The Morgan fingerprint density at radius 1 is 0.821 bits per heavy atom. The third kappa shape index (κ3) is 14.1. The fourth-order valence-corrected chi connectivity index (χ4v) is 3.92. The molecule has 0 heterocycles. The Labute approximate surface area is 233 Å². The molecule has 9 heteroatoms. The second-order valence-electron chi connectivity index (χ2n) is 9.73. The van der Waals surface area contributed by atoms with E-state index in [1.165, 1.54) is 7.11 Å². The Morgan fingerprint density at radius 3 is 2.00 bits per heavy atom. The molecule has 0 fully saturated rings. The van der Waals surface area contributed by atoms with Crippen LogP contribution in [0.3, 0.4) is 0 Å². The number of methoxy groups -OCH3 is 1. The minimum Gasteiger partial charge on any atom is -0.468 e. The number of nitrogens with one attached hydrogen (secondary N) is 1. The third-order valence-electron chi connectivity index (χ3n) is 6.21. The Morgan fingerprint density at radius 2 is 1.44 bits per heavy atom. The van der Waals surface area contributed by atoms with Gasteiger partial charge in [-0.05, 0) is 43.4 Å². The molecule has 39 heavy (non-hydrogen) atoms. The molecule has 0 spiro atoms. The molecule has 0 aliphatic heterocycles. The molecule has 2 atom stereocenters. The van der Waals surface area contributed by atoms with Crippen molar-refractivity contribution in [3.8, 4) is 11.5 Å². The van der Waals surface area contributed by atoms with Crippen molar-refractivity contribution in [2.75, 3.05) is 20.3 Å². The summed E-state index contributed by atoms with van der Waals surface area (Å²) in [6, 6.07) is 4.17.